The molecule has 0 spiro atoms. The molecule has 1 aromatic heterocycles. The van der Waals surface area contributed by atoms with Crippen molar-refractivity contribution in [2.75, 3.05) is 38.7 Å². The van der Waals surface area contributed by atoms with Crippen LogP contribution in [0.4, 0.5) is 11.6 Å². The van der Waals surface area contributed by atoms with Crippen LogP contribution >= 0.6 is 0 Å². The van der Waals surface area contributed by atoms with E-state index in [2.05, 4.69) is 15.6 Å². The van der Waals surface area contributed by atoms with Crippen molar-refractivity contribution in [3.05, 3.63) is 16.4 Å². The normalized spacial score (nSPS) is 10.5. The van der Waals surface area contributed by atoms with Crippen LogP contribution in [0.3, 0.4) is 0 Å². The third-order valence-corrected chi connectivity index (χ3v) is 2.17. The van der Waals surface area contributed by atoms with E-state index in [9.17, 15) is 10.1 Å². The van der Waals surface area contributed by atoms with E-state index >= 15 is 0 Å². The fourth-order valence-electron chi connectivity index (χ4n) is 1.32. The summed E-state index contributed by atoms with van der Waals surface area (Å²) in [5, 5.41) is 16.8. The molecule has 1 rings (SSSR count). The second kappa shape index (κ2) is 6.81. The van der Waals surface area contributed by atoms with Gasteiger partial charge in [0.2, 0.25) is 12.1 Å². The van der Waals surface area contributed by atoms with Crippen LogP contribution in [0.5, 0.6) is 0 Å². The third kappa shape index (κ3) is 4.00. The molecule has 0 atom stereocenters. The lowest BCUT2D eigenvalue weighted by Gasteiger charge is -2.07. The summed E-state index contributed by atoms with van der Waals surface area (Å²) in [7, 11) is 3.35. The van der Waals surface area contributed by atoms with Gasteiger partial charge < -0.3 is 25.5 Å². The van der Waals surface area contributed by atoms with E-state index in [0.717, 1.165) is 6.54 Å². The molecule has 0 amide bonds. The Labute approximate surface area is 99.1 Å². The summed E-state index contributed by atoms with van der Waals surface area (Å²) in [6.45, 7) is 2.69. The second-order valence-corrected chi connectivity index (χ2v) is 3.45. The molecule has 2 N–H and O–H groups in total. The molecule has 1 heterocycles. The minimum absolute atomic E-state index is 0.149. The number of ether oxygens (including phenoxy) is 1. The number of rotatable bonds is 8. The minimum Gasteiger partial charge on any atom is -0.383 e. The van der Waals surface area contributed by atoms with E-state index in [4.69, 9.17) is 4.74 Å². The van der Waals surface area contributed by atoms with Crippen molar-refractivity contribution in [3.63, 3.8) is 0 Å². The largest absolute Gasteiger partial charge is 0.406 e. The maximum Gasteiger partial charge on any atom is 0.406 e. The number of hydrogen-bond donors (Lipinski definition) is 2. The zero-order valence-corrected chi connectivity index (χ0v) is 9.97. The van der Waals surface area contributed by atoms with Gasteiger partial charge in [-0.2, -0.15) is 0 Å². The fourth-order valence-corrected chi connectivity index (χ4v) is 1.32. The standard InChI is InChI=1S/C9H17N5O3/c1-13-7-12-9(14(15)16)8(13)11-4-3-10-5-6-17-2/h7,10-11H,3-6H2,1-2H3. The van der Waals surface area contributed by atoms with E-state index in [1.165, 1.54) is 6.33 Å². The van der Waals surface area contributed by atoms with Gasteiger partial charge in [0.05, 0.1) is 6.61 Å². The summed E-state index contributed by atoms with van der Waals surface area (Å²) >= 11 is 0. The monoisotopic (exact) mass is 243 g/mol. The Balaban J connectivity index is 2.36. The van der Waals surface area contributed by atoms with Crippen molar-refractivity contribution in [2.45, 2.75) is 0 Å². The molecule has 0 aliphatic rings. The molecule has 0 saturated carbocycles. The van der Waals surface area contributed by atoms with Gasteiger partial charge in [0.15, 0.2) is 0 Å². The molecule has 8 nitrogen and oxygen atoms in total. The Morgan fingerprint density at radius 1 is 1.53 bits per heavy atom. The predicted octanol–water partition coefficient (Wildman–Crippen LogP) is -0.0238. The Kier molecular flexibility index (Phi) is 5.37. The first-order chi connectivity index (χ1) is 8.16. The molecule has 0 aromatic carbocycles. The molecule has 0 saturated heterocycles. The van der Waals surface area contributed by atoms with Crippen LogP contribution in [-0.4, -0.2) is 47.8 Å². The summed E-state index contributed by atoms with van der Waals surface area (Å²) in [6.07, 6.45) is 1.42. The first-order valence-electron chi connectivity index (χ1n) is 5.26. The number of nitrogens with one attached hydrogen (secondary N) is 2. The summed E-state index contributed by atoms with van der Waals surface area (Å²) < 4.78 is 6.47. The average molecular weight is 243 g/mol. The van der Waals surface area contributed by atoms with Crippen molar-refractivity contribution in [3.8, 4) is 0 Å². The van der Waals surface area contributed by atoms with Gasteiger partial charge in [-0.25, -0.2) is 0 Å². The van der Waals surface area contributed by atoms with Crippen LogP contribution in [0.2, 0.25) is 0 Å². The van der Waals surface area contributed by atoms with Crippen LogP contribution in [0, 0.1) is 10.1 Å². The Morgan fingerprint density at radius 2 is 2.29 bits per heavy atom. The molecule has 0 aliphatic carbocycles. The number of methoxy groups -OCH3 is 1. The second-order valence-electron chi connectivity index (χ2n) is 3.45. The highest BCUT2D eigenvalue weighted by Gasteiger charge is 2.18. The minimum atomic E-state index is -0.499. The molecule has 17 heavy (non-hydrogen) atoms. The zero-order chi connectivity index (χ0) is 12.7. The maximum absolute atomic E-state index is 10.7. The van der Waals surface area contributed by atoms with Crippen LogP contribution in [-0.2, 0) is 11.8 Å². The number of anilines is 1. The van der Waals surface area contributed by atoms with Crippen molar-refractivity contribution in [1.29, 1.82) is 0 Å². The molecule has 8 heteroatoms. The number of aromatic nitrogens is 2. The smallest absolute Gasteiger partial charge is 0.383 e. The van der Waals surface area contributed by atoms with E-state index in [1.54, 1.807) is 18.7 Å². The summed E-state index contributed by atoms with van der Waals surface area (Å²) in [4.78, 5) is 13.9. The number of nitro groups is 1. The van der Waals surface area contributed by atoms with E-state index in [-0.39, 0.29) is 5.82 Å². The molecule has 96 valence electrons. The van der Waals surface area contributed by atoms with Crippen LogP contribution < -0.4 is 10.6 Å². The highest BCUT2D eigenvalue weighted by Crippen LogP contribution is 2.20. The van der Waals surface area contributed by atoms with Crippen molar-refractivity contribution in [2.24, 2.45) is 7.05 Å². The molecule has 1 aromatic rings. The van der Waals surface area contributed by atoms with Gasteiger partial charge in [-0.15, -0.1) is 0 Å². The van der Waals surface area contributed by atoms with Crippen LogP contribution in [0.15, 0.2) is 6.33 Å². The number of aryl methyl sites for hydroxylation is 1. The number of hydrogen-bond acceptors (Lipinski definition) is 6. The van der Waals surface area contributed by atoms with Gasteiger partial charge in [0.1, 0.15) is 0 Å². The Morgan fingerprint density at radius 3 is 2.94 bits per heavy atom. The molecule has 0 unspecified atom stereocenters. The Bertz CT molecular complexity index is 366. The molecule has 0 fully saturated rings. The first kappa shape index (κ1) is 13.4. The van der Waals surface area contributed by atoms with Gasteiger partial charge >= 0.3 is 5.82 Å². The van der Waals surface area contributed by atoms with Crippen LogP contribution in [0.1, 0.15) is 0 Å². The van der Waals surface area contributed by atoms with Gasteiger partial charge in [0.25, 0.3) is 0 Å². The summed E-state index contributed by atoms with van der Waals surface area (Å²) in [5.41, 5.74) is 0. The lowest BCUT2D eigenvalue weighted by molar-refractivity contribution is -0.388. The van der Waals surface area contributed by atoms with E-state index < -0.39 is 4.92 Å². The highest BCUT2D eigenvalue weighted by molar-refractivity contribution is 5.51. The molecule has 0 aliphatic heterocycles. The highest BCUT2D eigenvalue weighted by atomic mass is 16.6. The number of nitrogens with zero attached hydrogens (tertiary/aromatic N) is 3. The van der Waals surface area contributed by atoms with Crippen molar-refractivity contribution >= 4 is 11.6 Å². The van der Waals surface area contributed by atoms with Crippen molar-refractivity contribution in [1.82, 2.24) is 14.9 Å². The van der Waals surface area contributed by atoms with Gasteiger partial charge in [-0.1, -0.05) is 0 Å². The average Bonchev–Trinajstić information content (AvgIpc) is 2.65. The number of imidazole rings is 1. The van der Waals surface area contributed by atoms with Crippen LogP contribution in [0.25, 0.3) is 0 Å². The maximum atomic E-state index is 10.7. The van der Waals surface area contributed by atoms with Gasteiger partial charge in [0, 0.05) is 33.8 Å². The fraction of sp³-hybridized carbons (Fsp3) is 0.667. The first-order valence-corrected chi connectivity index (χ1v) is 5.26. The van der Waals surface area contributed by atoms with Gasteiger partial charge in [-0.05, 0) is 9.91 Å². The molecule has 0 bridgehead atoms. The topological polar surface area (TPSA) is 94.2 Å². The molecule has 0 radical (unpaired) electrons. The third-order valence-electron chi connectivity index (χ3n) is 2.17. The lowest BCUT2D eigenvalue weighted by Crippen LogP contribution is -2.26. The van der Waals surface area contributed by atoms with Crippen molar-refractivity contribution < 1.29 is 9.66 Å². The quantitative estimate of drug-likeness (QED) is 0.378. The zero-order valence-electron chi connectivity index (χ0n) is 9.97. The summed E-state index contributed by atoms with van der Waals surface area (Å²) in [5.74, 6) is 0.271. The molecular formula is C9H17N5O3. The van der Waals surface area contributed by atoms with E-state index in [1.807, 2.05) is 0 Å². The molecular weight excluding hydrogens is 226 g/mol. The lowest BCUT2D eigenvalue weighted by atomic mass is 10.5. The predicted molar refractivity (Wildman–Crippen MR) is 63.1 cm³/mol. The van der Waals surface area contributed by atoms with Gasteiger partial charge in [-0.3, -0.25) is 4.57 Å². The summed E-state index contributed by atoms with van der Waals surface area (Å²) in [6, 6.07) is 0. The van der Waals surface area contributed by atoms with E-state index in [0.29, 0.717) is 25.5 Å². The Hall–Kier alpha value is -1.67. The SMILES string of the molecule is COCCNCCNc1c([N+](=O)[O-])ncn1C.